The zero-order chi connectivity index (χ0) is 18.2. The number of rotatable bonds is 3. The van der Waals surface area contributed by atoms with Gasteiger partial charge in [-0.3, -0.25) is 0 Å². The fourth-order valence-corrected chi connectivity index (χ4v) is 2.91. The van der Waals surface area contributed by atoms with Gasteiger partial charge in [0.2, 0.25) is 0 Å². The molecule has 0 amide bonds. The topological polar surface area (TPSA) is 64.0 Å². The summed E-state index contributed by atoms with van der Waals surface area (Å²) in [5.74, 6) is -0.319. The lowest BCUT2D eigenvalue weighted by atomic mass is 10.1. The van der Waals surface area contributed by atoms with E-state index in [1.807, 2.05) is 6.92 Å². The lowest BCUT2D eigenvalue weighted by molar-refractivity contribution is -0.274. The van der Waals surface area contributed by atoms with Crippen molar-refractivity contribution in [2.24, 2.45) is 0 Å². The summed E-state index contributed by atoms with van der Waals surface area (Å²) >= 11 is 0. The summed E-state index contributed by atoms with van der Waals surface area (Å²) < 4.78 is 43.2. The molecule has 3 rings (SSSR count). The van der Waals surface area contributed by atoms with E-state index in [0.717, 1.165) is 5.56 Å². The van der Waals surface area contributed by atoms with Gasteiger partial charge in [0.05, 0.1) is 16.8 Å². The summed E-state index contributed by atoms with van der Waals surface area (Å²) in [5.41, 5.74) is 8.61. The largest absolute Gasteiger partial charge is 0.573 e. The average molecular weight is 345 g/mol. The van der Waals surface area contributed by atoms with Crippen molar-refractivity contribution in [3.8, 4) is 23.1 Å². The number of fused-ring (bicyclic) bond motifs is 1. The first kappa shape index (κ1) is 16.7. The Labute approximate surface area is 141 Å². The summed E-state index contributed by atoms with van der Waals surface area (Å²) in [6.45, 7) is 2.34. The molecule has 0 saturated heterocycles. The summed E-state index contributed by atoms with van der Waals surface area (Å²) in [6.07, 6.45) is -4.77. The van der Waals surface area contributed by atoms with Crippen LogP contribution in [-0.4, -0.2) is 10.9 Å². The molecule has 7 heteroatoms. The minimum absolute atomic E-state index is 0.319. The quantitative estimate of drug-likeness (QED) is 0.701. The number of aryl methyl sites for hydroxylation is 1. The van der Waals surface area contributed by atoms with Gasteiger partial charge in [0.15, 0.2) is 0 Å². The van der Waals surface area contributed by atoms with Gasteiger partial charge in [0.1, 0.15) is 11.8 Å². The second-order valence-electron chi connectivity index (χ2n) is 5.43. The molecule has 0 atom stereocenters. The molecule has 2 aromatic carbocycles. The van der Waals surface area contributed by atoms with Crippen molar-refractivity contribution in [3.05, 3.63) is 48.0 Å². The minimum Gasteiger partial charge on any atom is -0.406 e. The molecule has 1 aromatic heterocycles. The SMILES string of the molecule is CCn1c(-c2ccc(N)cc2)c(C#N)c2ccc(OC(F)(F)F)cc21. The predicted molar refractivity (Wildman–Crippen MR) is 88.9 cm³/mol. The molecular formula is C18H14F3N3O. The number of anilines is 1. The summed E-state index contributed by atoms with van der Waals surface area (Å²) in [6, 6.07) is 13.1. The third-order valence-corrected chi connectivity index (χ3v) is 3.88. The van der Waals surface area contributed by atoms with Crippen LogP contribution in [0.1, 0.15) is 12.5 Å². The standard InChI is InChI=1S/C18H14F3N3O/c1-2-24-16-9-13(25-18(19,20)21)7-8-14(16)15(10-22)17(24)11-3-5-12(23)6-4-11/h3-9H,2,23H2,1H3. The van der Waals surface area contributed by atoms with Crippen LogP contribution >= 0.6 is 0 Å². The molecular weight excluding hydrogens is 331 g/mol. The number of nitriles is 1. The van der Waals surface area contributed by atoms with Gasteiger partial charge >= 0.3 is 6.36 Å². The second-order valence-corrected chi connectivity index (χ2v) is 5.43. The molecule has 0 aliphatic rings. The molecule has 0 radical (unpaired) electrons. The number of hydrogen-bond donors (Lipinski definition) is 1. The van der Waals surface area contributed by atoms with Crippen LogP contribution in [0.25, 0.3) is 22.2 Å². The van der Waals surface area contributed by atoms with Gasteiger partial charge in [-0.2, -0.15) is 5.26 Å². The Morgan fingerprint density at radius 3 is 2.40 bits per heavy atom. The number of nitrogen functional groups attached to an aromatic ring is 1. The van der Waals surface area contributed by atoms with Gasteiger partial charge in [-0.05, 0) is 36.8 Å². The Balaban J connectivity index is 2.26. The van der Waals surface area contributed by atoms with Crippen molar-refractivity contribution in [2.75, 3.05) is 5.73 Å². The van der Waals surface area contributed by atoms with Crippen molar-refractivity contribution >= 4 is 16.6 Å². The zero-order valence-electron chi connectivity index (χ0n) is 13.3. The first-order valence-corrected chi connectivity index (χ1v) is 7.52. The third-order valence-electron chi connectivity index (χ3n) is 3.88. The number of benzene rings is 2. The van der Waals surface area contributed by atoms with Crippen LogP contribution in [0.3, 0.4) is 0 Å². The molecule has 0 aliphatic carbocycles. The van der Waals surface area contributed by atoms with Gasteiger partial charge < -0.3 is 15.0 Å². The number of aromatic nitrogens is 1. The first-order chi connectivity index (χ1) is 11.8. The van der Waals surface area contributed by atoms with Crippen molar-refractivity contribution in [1.82, 2.24) is 4.57 Å². The van der Waals surface area contributed by atoms with Crippen molar-refractivity contribution < 1.29 is 17.9 Å². The number of nitrogens with two attached hydrogens (primary N) is 1. The van der Waals surface area contributed by atoms with Gasteiger partial charge in [-0.25, -0.2) is 0 Å². The molecule has 2 N–H and O–H groups in total. The van der Waals surface area contributed by atoms with Crippen LogP contribution in [0.15, 0.2) is 42.5 Å². The Bertz CT molecular complexity index is 966. The maximum absolute atomic E-state index is 12.5. The number of nitrogens with zero attached hydrogens (tertiary/aromatic N) is 2. The highest BCUT2D eigenvalue weighted by Crippen LogP contribution is 2.36. The van der Waals surface area contributed by atoms with Gasteiger partial charge in [-0.1, -0.05) is 12.1 Å². The lowest BCUT2D eigenvalue weighted by Crippen LogP contribution is -2.17. The average Bonchev–Trinajstić information content (AvgIpc) is 2.86. The molecule has 0 saturated carbocycles. The highest BCUT2D eigenvalue weighted by atomic mass is 19.4. The Kier molecular flexibility index (Phi) is 4.05. The minimum atomic E-state index is -4.77. The molecule has 0 fully saturated rings. The first-order valence-electron chi connectivity index (χ1n) is 7.52. The van der Waals surface area contributed by atoms with E-state index in [9.17, 15) is 18.4 Å². The zero-order valence-corrected chi connectivity index (χ0v) is 13.3. The predicted octanol–water partition coefficient (Wildman–Crippen LogP) is 4.68. The van der Waals surface area contributed by atoms with Crippen LogP contribution in [0, 0.1) is 11.3 Å². The molecule has 3 aromatic rings. The van der Waals surface area contributed by atoms with Gasteiger partial charge in [-0.15, -0.1) is 13.2 Å². The highest BCUT2D eigenvalue weighted by Gasteiger charge is 2.31. The summed E-state index contributed by atoms with van der Waals surface area (Å²) in [5, 5.41) is 10.2. The molecule has 0 bridgehead atoms. The highest BCUT2D eigenvalue weighted by molar-refractivity contribution is 5.95. The molecule has 25 heavy (non-hydrogen) atoms. The van der Waals surface area contributed by atoms with Crippen LogP contribution in [0.5, 0.6) is 5.75 Å². The Morgan fingerprint density at radius 2 is 1.84 bits per heavy atom. The molecule has 128 valence electrons. The van der Waals surface area contributed by atoms with Crippen LogP contribution < -0.4 is 10.5 Å². The van der Waals surface area contributed by atoms with Crippen LogP contribution in [0.2, 0.25) is 0 Å². The third kappa shape index (κ3) is 3.11. The maximum atomic E-state index is 12.5. The van der Waals surface area contributed by atoms with Crippen molar-refractivity contribution in [1.29, 1.82) is 5.26 Å². The molecule has 0 aliphatic heterocycles. The van der Waals surface area contributed by atoms with Crippen molar-refractivity contribution in [2.45, 2.75) is 19.8 Å². The van der Waals surface area contributed by atoms with Gasteiger partial charge in [0, 0.05) is 23.7 Å². The summed E-state index contributed by atoms with van der Waals surface area (Å²) in [7, 11) is 0. The van der Waals surface area contributed by atoms with Gasteiger partial charge in [0.25, 0.3) is 0 Å². The fraction of sp³-hybridized carbons (Fsp3) is 0.167. The smallest absolute Gasteiger partial charge is 0.406 e. The van der Waals surface area contributed by atoms with E-state index in [-0.39, 0.29) is 5.75 Å². The van der Waals surface area contributed by atoms with Crippen molar-refractivity contribution in [3.63, 3.8) is 0 Å². The number of hydrogen-bond acceptors (Lipinski definition) is 3. The maximum Gasteiger partial charge on any atom is 0.573 e. The van der Waals surface area contributed by atoms with E-state index in [1.54, 1.807) is 28.8 Å². The van der Waals surface area contributed by atoms with E-state index >= 15 is 0 Å². The monoisotopic (exact) mass is 345 g/mol. The van der Waals surface area contributed by atoms with Crippen LogP contribution in [-0.2, 0) is 6.54 Å². The normalized spacial score (nSPS) is 11.5. The molecule has 4 nitrogen and oxygen atoms in total. The Hall–Kier alpha value is -3.14. The molecule has 0 spiro atoms. The van der Waals surface area contributed by atoms with E-state index < -0.39 is 6.36 Å². The van der Waals surface area contributed by atoms with E-state index in [4.69, 9.17) is 5.73 Å². The molecule has 1 heterocycles. The number of alkyl halides is 3. The van der Waals surface area contributed by atoms with E-state index in [0.29, 0.717) is 34.4 Å². The Morgan fingerprint density at radius 1 is 1.16 bits per heavy atom. The number of ether oxygens (including phenoxy) is 1. The van der Waals surface area contributed by atoms with Crippen LogP contribution in [0.4, 0.5) is 18.9 Å². The lowest BCUT2D eigenvalue weighted by Gasteiger charge is -2.11. The second kappa shape index (κ2) is 6.06. The fourth-order valence-electron chi connectivity index (χ4n) is 2.91. The molecule has 0 unspecified atom stereocenters. The number of halogens is 3. The van der Waals surface area contributed by atoms with E-state index in [1.165, 1.54) is 18.2 Å². The van der Waals surface area contributed by atoms with E-state index in [2.05, 4.69) is 10.8 Å². The summed E-state index contributed by atoms with van der Waals surface area (Å²) in [4.78, 5) is 0.